The van der Waals surface area contributed by atoms with E-state index in [4.69, 9.17) is 5.84 Å². The van der Waals surface area contributed by atoms with Crippen molar-refractivity contribution in [2.75, 3.05) is 0 Å². The topological polar surface area (TPSA) is 50.9 Å². The van der Waals surface area contributed by atoms with Gasteiger partial charge in [0, 0.05) is 23.5 Å². The van der Waals surface area contributed by atoms with E-state index in [2.05, 4.69) is 41.6 Å². The maximum Gasteiger partial charge on any atom is 0.0794 e. The van der Waals surface area contributed by atoms with Gasteiger partial charge in [-0.1, -0.05) is 24.3 Å². The van der Waals surface area contributed by atoms with Gasteiger partial charge in [0.15, 0.2) is 0 Å². The molecular weight excluding hydrogens is 242 g/mol. The Bertz CT molecular complexity index is 468. The van der Waals surface area contributed by atoms with Crippen molar-refractivity contribution in [1.82, 2.24) is 10.4 Å². The normalized spacial score (nSPS) is 12.6. The summed E-state index contributed by atoms with van der Waals surface area (Å²) in [5.41, 5.74) is 7.53. The van der Waals surface area contributed by atoms with Crippen molar-refractivity contribution in [3.05, 3.63) is 52.0 Å². The average molecular weight is 261 g/mol. The predicted octanol–water partition coefficient (Wildman–Crippen LogP) is 2.46. The number of nitrogens with zero attached hydrogens (tertiary/aromatic N) is 1. The van der Waals surface area contributed by atoms with Crippen LogP contribution in [0, 0.1) is 6.92 Å². The van der Waals surface area contributed by atoms with Gasteiger partial charge in [-0.05, 0) is 30.9 Å². The molecule has 18 heavy (non-hydrogen) atoms. The Morgan fingerprint density at radius 1 is 1.39 bits per heavy atom. The van der Waals surface area contributed by atoms with Gasteiger partial charge in [0.05, 0.1) is 5.51 Å². The Morgan fingerprint density at radius 2 is 2.22 bits per heavy atom. The maximum atomic E-state index is 5.63. The van der Waals surface area contributed by atoms with Crippen LogP contribution in [0.1, 0.15) is 22.4 Å². The van der Waals surface area contributed by atoms with Gasteiger partial charge in [0.25, 0.3) is 0 Å². The molecular formula is C14H19N3S. The zero-order chi connectivity index (χ0) is 12.8. The highest BCUT2D eigenvalue weighted by Crippen LogP contribution is 2.14. The number of benzene rings is 1. The molecule has 3 nitrogen and oxygen atoms in total. The predicted molar refractivity (Wildman–Crippen MR) is 76.4 cm³/mol. The molecule has 1 atom stereocenters. The minimum absolute atomic E-state index is 0.310. The van der Waals surface area contributed by atoms with E-state index in [9.17, 15) is 0 Å². The van der Waals surface area contributed by atoms with Crippen LogP contribution >= 0.6 is 11.3 Å². The second kappa shape index (κ2) is 6.64. The number of nitrogens with one attached hydrogen (secondary N) is 1. The molecule has 1 heterocycles. The zero-order valence-corrected chi connectivity index (χ0v) is 11.4. The van der Waals surface area contributed by atoms with Crippen LogP contribution in [0.4, 0.5) is 0 Å². The number of aromatic nitrogens is 1. The molecule has 0 bridgehead atoms. The lowest BCUT2D eigenvalue weighted by molar-refractivity contribution is 0.493. The van der Waals surface area contributed by atoms with Gasteiger partial charge < -0.3 is 0 Å². The summed E-state index contributed by atoms with van der Waals surface area (Å²) < 4.78 is 0. The van der Waals surface area contributed by atoms with Crippen LogP contribution in [-0.2, 0) is 12.8 Å². The van der Waals surface area contributed by atoms with Crippen molar-refractivity contribution in [3.63, 3.8) is 0 Å². The van der Waals surface area contributed by atoms with E-state index < -0.39 is 0 Å². The molecule has 0 aliphatic carbocycles. The fraction of sp³-hybridized carbons (Fsp3) is 0.357. The fourth-order valence-corrected chi connectivity index (χ4v) is 2.73. The molecule has 0 amide bonds. The summed E-state index contributed by atoms with van der Waals surface area (Å²) in [5, 5.41) is 0. The minimum atomic E-state index is 0.310. The van der Waals surface area contributed by atoms with Gasteiger partial charge in [-0.3, -0.25) is 16.3 Å². The SMILES string of the molecule is Cc1ccccc1CCC(Cc1cncs1)NN. The molecule has 1 unspecified atom stereocenters. The number of hydrogen-bond donors (Lipinski definition) is 2. The lowest BCUT2D eigenvalue weighted by Crippen LogP contribution is -2.37. The lowest BCUT2D eigenvalue weighted by atomic mass is 10.00. The summed E-state index contributed by atoms with van der Waals surface area (Å²) in [5.74, 6) is 5.63. The molecule has 0 radical (unpaired) electrons. The van der Waals surface area contributed by atoms with Gasteiger partial charge in [0.2, 0.25) is 0 Å². The van der Waals surface area contributed by atoms with Crippen LogP contribution in [0.15, 0.2) is 36.0 Å². The third-order valence-electron chi connectivity index (χ3n) is 3.19. The monoisotopic (exact) mass is 261 g/mol. The molecule has 1 aromatic heterocycles. The molecule has 2 aromatic rings. The molecule has 0 fully saturated rings. The van der Waals surface area contributed by atoms with Crippen LogP contribution in [0.2, 0.25) is 0 Å². The Labute approximate surface area is 112 Å². The van der Waals surface area contributed by atoms with Gasteiger partial charge in [-0.2, -0.15) is 0 Å². The van der Waals surface area contributed by atoms with Crippen LogP contribution < -0.4 is 11.3 Å². The summed E-state index contributed by atoms with van der Waals surface area (Å²) in [7, 11) is 0. The van der Waals surface area contributed by atoms with Crippen molar-refractivity contribution in [3.8, 4) is 0 Å². The van der Waals surface area contributed by atoms with Crippen molar-refractivity contribution >= 4 is 11.3 Å². The molecule has 3 N–H and O–H groups in total. The van der Waals surface area contributed by atoms with Crippen molar-refractivity contribution < 1.29 is 0 Å². The molecule has 0 saturated heterocycles. The van der Waals surface area contributed by atoms with Gasteiger partial charge in [-0.15, -0.1) is 11.3 Å². The first kappa shape index (κ1) is 13.2. The Hall–Kier alpha value is -1.23. The molecule has 0 aliphatic heterocycles. The smallest absolute Gasteiger partial charge is 0.0794 e. The first-order valence-electron chi connectivity index (χ1n) is 6.17. The van der Waals surface area contributed by atoms with Crippen LogP contribution in [-0.4, -0.2) is 11.0 Å². The van der Waals surface area contributed by atoms with E-state index in [0.717, 1.165) is 19.3 Å². The summed E-state index contributed by atoms with van der Waals surface area (Å²) in [6, 6.07) is 8.83. The Balaban J connectivity index is 1.89. The maximum absolute atomic E-state index is 5.63. The van der Waals surface area contributed by atoms with Crippen molar-refractivity contribution in [2.45, 2.75) is 32.2 Å². The highest BCUT2D eigenvalue weighted by Gasteiger charge is 2.09. The first-order valence-corrected chi connectivity index (χ1v) is 7.05. The van der Waals surface area contributed by atoms with E-state index in [0.29, 0.717) is 6.04 Å². The number of rotatable bonds is 6. The van der Waals surface area contributed by atoms with E-state index >= 15 is 0 Å². The molecule has 96 valence electrons. The van der Waals surface area contributed by atoms with E-state index in [1.54, 1.807) is 11.3 Å². The molecule has 0 spiro atoms. The van der Waals surface area contributed by atoms with E-state index in [1.807, 2.05) is 11.7 Å². The van der Waals surface area contributed by atoms with Crippen LogP contribution in [0.25, 0.3) is 0 Å². The van der Waals surface area contributed by atoms with Crippen molar-refractivity contribution in [2.24, 2.45) is 5.84 Å². The number of aryl methyl sites for hydroxylation is 2. The molecule has 0 saturated carbocycles. The van der Waals surface area contributed by atoms with Gasteiger partial charge >= 0.3 is 0 Å². The lowest BCUT2D eigenvalue weighted by Gasteiger charge is -2.15. The third kappa shape index (κ3) is 3.63. The third-order valence-corrected chi connectivity index (χ3v) is 3.99. The standard InChI is InChI=1S/C14H19N3S/c1-11-4-2-3-5-12(11)6-7-13(17-15)8-14-9-16-10-18-14/h2-5,9-10,13,17H,6-8,15H2,1H3. The first-order chi connectivity index (χ1) is 8.79. The number of hydrazine groups is 1. The van der Waals surface area contributed by atoms with Crippen LogP contribution in [0.3, 0.4) is 0 Å². The number of hydrogen-bond acceptors (Lipinski definition) is 4. The van der Waals surface area contributed by atoms with E-state index in [-0.39, 0.29) is 0 Å². The van der Waals surface area contributed by atoms with Crippen LogP contribution in [0.5, 0.6) is 0 Å². The highest BCUT2D eigenvalue weighted by molar-refractivity contribution is 7.09. The summed E-state index contributed by atoms with van der Waals surface area (Å²) >= 11 is 1.68. The largest absolute Gasteiger partial charge is 0.271 e. The Morgan fingerprint density at radius 3 is 2.89 bits per heavy atom. The summed E-state index contributed by atoms with van der Waals surface area (Å²) in [4.78, 5) is 5.37. The van der Waals surface area contributed by atoms with E-state index in [1.165, 1.54) is 16.0 Å². The average Bonchev–Trinajstić information content (AvgIpc) is 2.89. The number of nitrogens with two attached hydrogens (primary N) is 1. The highest BCUT2D eigenvalue weighted by atomic mass is 32.1. The quantitative estimate of drug-likeness (QED) is 0.620. The van der Waals surface area contributed by atoms with Gasteiger partial charge in [-0.25, -0.2) is 0 Å². The second-order valence-corrected chi connectivity index (χ2v) is 5.47. The molecule has 0 aliphatic rings. The second-order valence-electron chi connectivity index (χ2n) is 4.50. The zero-order valence-electron chi connectivity index (χ0n) is 10.6. The summed E-state index contributed by atoms with van der Waals surface area (Å²) in [6.45, 7) is 2.16. The Kier molecular flexibility index (Phi) is 4.87. The minimum Gasteiger partial charge on any atom is -0.271 e. The molecule has 1 aromatic carbocycles. The number of thiazole rings is 1. The van der Waals surface area contributed by atoms with Gasteiger partial charge in [0.1, 0.15) is 0 Å². The molecule has 4 heteroatoms. The molecule has 2 rings (SSSR count). The van der Waals surface area contributed by atoms with Crippen molar-refractivity contribution in [1.29, 1.82) is 0 Å². The summed E-state index contributed by atoms with van der Waals surface area (Å²) in [6.07, 6.45) is 4.97. The fourth-order valence-electron chi connectivity index (χ4n) is 2.05.